The van der Waals surface area contributed by atoms with Crippen molar-refractivity contribution in [2.24, 2.45) is 0 Å². The van der Waals surface area contributed by atoms with Crippen molar-refractivity contribution in [2.45, 2.75) is 26.7 Å². The van der Waals surface area contributed by atoms with Gasteiger partial charge in [0.15, 0.2) is 18.1 Å². The van der Waals surface area contributed by atoms with E-state index in [1.165, 1.54) is 6.08 Å². The Balaban J connectivity index is 1.54. The van der Waals surface area contributed by atoms with E-state index in [1.807, 2.05) is 25.1 Å². The van der Waals surface area contributed by atoms with E-state index in [-0.39, 0.29) is 25.2 Å². The van der Waals surface area contributed by atoms with Gasteiger partial charge in [-0.1, -0.05) is 38.1 Å². The van der Waals surface area contributed by atoms with Crippen LogP contribution in [0.2, 0.25) is 0 Å². The lowest BCUT2D eigenvalue weighted by molar-refractivity contribution is -0.142. The quantitative estimate of drug-likeness (QED) is 0.604. The summed E-state index contributed by atoms with van der Waals surface area (Å²) in [7, 11) is 0. The lowest BCUT2D eigenvalue weighted by Crippen LogP contribution is -2.21. The number of para-hydroxylation sites is 1. The number of nitrogens with one attached hydrogen (secondary N) is 1. The zero-order chi connectivity index (χ0) is 20.1. The molecule has 3 rings (SSSR count). The van der Waals surface area contributed by atoms with E-state index >= 15 is 0 Å². The third-order valence-corrected chi connectivity index (χ3v) is 4.35. The number of hydrogen-bond acceptors (Lipinski definition) is 5. The second-order valence-electron chi connectivity index (χ2n) is 6.80. The van der Waals surface area contributed by atoms with Gasteiger partial charge in [-0.05, 0) is 47.7 Å². The predicted octanol–water partition coefficient (Wildman–Crippen LogP) is 4.04. The number of anilines is 1. The zero-order valence-corrected chi connectivity index (χ0v) is 16.2. The van der Waals surface area contributed by atoms with E-state index in [1.54, 1.807) is 24.3 Å². The number of rotatable bonds is 6. The van der Waals surface area contributed by atoms with Crippen LogP contribution >= 0.6 is 0 Å². The number of carbonyl (C=O) groups is 2. The van der Waals surface area contributed by atoms with Crippen LogP contribution in [0, 0.1) is 6.92 Å². The maximum atomic E-state index is 12.2. The van der Waals surface area contributed by atoms with Gasteiger partial charge >= 0.3 is 5.97 Å². The molecule has 2 aromatic carbocycles. The van der Waals surface area contributed by atoms with E-state index in [9.17, 15) is 9.59 Å². The fraction of sp³-hybridized carbons (Fsp3) is 0.273. The summed E-state index contributed by atoms with van der Waals surface area (Å²) in [6, 6.07) is 11.2. The van der Waals surface area contributed by atoms with Crippen LogP contribution in [0.15, 0.2) is 42.5 Å². The molecule has 0 aromatic heterocycles. The second-order valence-corrected chi connectivity index (χ2v) is 6.80. The second kappa shape index (κ2) is 8.61. The molecule has 1 aliphatic heterocycles. The van der Waals surface area contributed by atoms with Crippen molar-refractivity contribution >= 4 is 23.6 Å². The molecule has 6 nitrogen and oxygen atoms in total. The number of ether oxygens (including phenoxy) is 3. The van der Waals surface area contributed by atoms with Gasteiger partial charge < -0.3 is 19.5 Å². The van der Waals surface area contributed by atoms with Gasteiger partial charge in [0, 0.05) is 11.8 Å². The Hall–Kier alpha value is -3.28. The van der Waals surface area contributed by atoms with Gasteiger partial charge in [-0.2, -0.15) is 0 Å². The summed E-state index contributed by atoms with van der Waals surface area (Å²) in [5.41, 5.74) is 3.55. The highest BCUT2D eigenvalue weighted by molar-refractivity contribution is 5.95. The third-order valence-electron chi connectivity index (χ3n) is 4.35. The van der Waals surface area contributed by atoms with Crippen LogP contribution in [-0.4, -0.2) is 25.3 Å². The van der Waals surface area contributed by atoms with Gasteiger partial charge in [-0.3, -0.25) is 4.79 Å². The fourth-order valence-corrected chi connectivity index (χ4v) is 2.88. The molecule has 0 bridgehead atoms. The molecule has 1 amide bonds. The van der Waals surface area contributed by atoms with Gasteiger partial charge in [-0.15, -0.1) is 0 Å². The SMILES string of the molecule is Cc1cccc(C(C)C)c1NC(=O)COC(=O)/C=C/c1ccc2c(c1)OCO2. The van der Waals surface area contributed by atoms with Gasteiger partial charge in [-0.25, -0.2) is 4.79 Å². The predicted molar refractivity (Wildman–Crippen MR) is 106 cm³/mol. The number of amides is 1. The highest BCUT2D eigenvalue weighted by Crippen LogP contribution is 2.32. The fourth-order valence-electron chi connectivity index (χ4n) is 2.88. The van der Waals surface area contributed by atoms with Crippen LogP contribution in [0.25, 0.3) is 6.08 Å². The van der Waals surface area contributed by atoms with E-state index in [0.717, 1.165) is 22.4 Å². The molecule has 0 radical (unpaired) electrons. The summed E-state index contributed by atoms with van der Waals surface area (Å²) in [5.74, 6) is 0.604. The minimum Gasteiger partial charge on any atom is -0.454 e. The molecule has 0 spiro atoms. The molecule has 1 N–H and O–H groups in total. The van der Waals surface area contributed by atoms with Gasteiger partial charge in [0.1, 0.15) is 0 Å². The Kier molecular flexibility index (Phi) is 5.99. The summed E-state index contributed by atoms with van der Waals surface area (Å²) in [4.78, 5) is 24.1. The van der Waals surface area contributed by atoms with Crippen LogP contribution in [0.1, 0.15) is 36.5 Å². The van der Waals surface area contributed by atoms with E-state index in [2.05, 4.69) is 19.2 Å². The van der Waals surface area contributed by atoms with Crippen molar-refractivity contribution in [3.05, 3.63) is 59.2 Å². The van der Waals surface area contributed by atoms with Crippen LogP contribution in [-0.2, 0) is 14.3 Å². The van der Waals surface area contributed by atoms with Crippen molar-refractivity contribution in [3.8, 4) is 11.5 Å². The highest BCUT2D eigenvalue weighted by Gasteiger charge is 2.14. The average molecular weight is 381 g/mol. The van der Waals surface area contributed by atoms with Gasteiger partial charge in [0.05, 0.1) is 0 Å². The lowest BCUT2D eigenvalue weighted by Gasteiger charge is -2.16. The Bertz CT molecular complexity index is 917. The molecular weight excluding hydrogens is 358 g/mol. The summed E-state index contributed by atoms with van der Waals surface area (Å²) < 4.78 is 15.6. The molecule has 0 saturated carbocycles. The number of hydrogen-bond donors (Lipinski definition) is 1. The summed E-state index contributed by atoms with van der Waals surface area (Å²) in [6.07, 6.45) is 2.87. The maximum absolute atomic E-state index is 12.2. The van der Waals surface area contributed by atoms with Crippen LogP contribution in [0.3, 0.4) is 0 Å². The first kappa shape index (κ1) is 19.5. The normalized spacial score (nSPS) is 12.4. The van der Waals surface area contributed by atoms with Gasteiger partial charge in [0.2, 0.25) is 6.79 Å². The zero-order valence-electron chi connectivity index (χ0n) is 16.2. The molecule has 0 atom stereocenters. The Labute approximate surface area is 164 Å². The van der Waals surface area contributed by atoms with E-state index in [0.29, 0.717) is 11.5 Å². The first-order valence-corrected chi connectivity index (χ1v) is 9.08. The molecule has 0 saturated heterocycles. The molecule has 0 unspecified atom stereocenters. The van der Waals surface area contributed by atoms with Crippen molar-refractivity contribution in [3.63, 3.8) is 0 Å². The lowest BCUT2D eigenvalue weighted by atomic mass is 9.98. The Morgan fingerprint density at radius 3 is 2.75 bits per heavy atom. The topological polar surface area (TPSA) is 73.9 Å². The van der Waals surface area contributed by atoms with Crippen LogP contribution in [0.4, 0.5) is 5.69 Å². The van der Waals surface area contributed by atoms with E-state index < -0.39 is 5.97 Å². The minimum absolute atomic E-state index is 0.194. The first-order chi connectivity index (χ1) is 13.4. The average Bonchev–Trinajstić information content (AvgIpc) is 3.14. The number of fused-ring (bicyclic) bond motifs is 1. The Morgan fingerprint density at radius 1 is 1.18 bits per heavy atom. The van der Waals surface area contributed by atoms with Crippen molar-refractivity contribution in [1.82, 2.24) is 0 Å². The smallest absolute Gasteiger partial charge is 0.331 e. The highest BCUT2D eigenvalue weighted by atomic mass is 16.7. The monoisotopic (exact) mass is 381 g/mol. The summed E-state index contributed by atoms with van der Waals surface area (Å²) >= 11 is 0. The third kappa shape index (κ3) is 4.71. The molecule has 2 aromatic rings. The maximum Gasteiger partial charge on any atom is 0.331 e. The molecule has 0 fully saturated rings. The summed E-state index contributed by atoms with van der Waals surface area (Å²) in [5, 5.41) is 2.85. The van der Waals surface area contributed by atoms with Crippen molar-refractivity contribution in [2.75, 3.05) is 18.7 Å². The standard InChI is InChI=1S/C22H23NO5/c1-14(2)17-6-4-5-15(3)22(17)23-20(24)12-26-21(25)10-8-16-7-9-18-19(11-16)28-13-27-18/h4-11,14H,12-13H2,1-3H3,(H,23,24)/b10-8+. The molecule has 28 heavy (non-hydrogen) atoms. The number of benzene rings is 2. The molecule has 1 aliphatic rings. The largest absolute Gasteiger partial charge is 0.454 e. The molecule has 1 heterocycles. The number of carbonyl (C=O) groups excluding carboxylic acids is 2. The Morgan fingerprint density at radius 2 is 1.96 bits per heavy atom. The molecular formula is C22H23NO5. The minimum atomic E-state index is -0.596. The van der Waals surface area contributed by atoms with Crippen LogP contribution < -0.4 is 14.8 Å². The van der Waals surface area contributed by atoms with Crippen LogP contribution in [0.5, 0.6) is 11.5 Å². The molecule has 6 heteroatoms. The van der Waals surface area contributed by atoms with Gasteiger partial charge in [0.25, 0.3) is 5.91 Å². The molecule has 0 aliphatic carbocycles. The molecule has 146 valence electrons. The summed E-state index contributed by atoms with van der Waals surface area (Å²) in [6.45, 7) is 5.90. The number of esters is 1. The van der Waals surface area contributed by atoms with E-state index in [4.69, 9.17) is 14.2 Å². The van der Waals surface area contributed by atoms with Crippen molar-refractivity contribution < 1.29 is 23.8 Å². The number of aryl methyl sites for hydroxylation is 1. The van der Waals surface area contributed by atoms with Crippen molar-refractivity contribution in [1.29, 1.82) is 0 Å². The first-order valence-electron chi connectivity index (χ1n) is 9.08.